The highest BCUT2D eigenvalue weighted by atomic mass is 16.6. The molecule has 0 atom stereocenters. The number of carbonyl (C=O) groups excluding carboxylic acids is 2. The lowest BCUT2D eigenvalue weighted by Crippen LogP contribution is -2.26. The molecule has 0 saturated heterocycles. The molecule has 1 amide bonds. The first-order chi connectivity index (χ1) is 16.3. The molecule has 0 saturated carbocycles. The van der Waals surface area contributed by atoms with Crippen LogP contribution in [0.15, 0.2) is 77.6 Å². The fourth-order valence-electron chi connectivity index (χ4n) is 3.36. The number of amides is 1. The van der Waals surface area contributed by atoms with Crippen LogP contribution in [0.2, 0.25) is 0 Å². The maximum atomic E-state index is 12.9. The molecule has 10 nitrogen and oxygen atoms in total. The van der Waals surface area contributed by atoms with E-state index in [2.05, 4.69) is 10.4 Å². The third-order valence-corrected chi connectivity index (χ3v) is 5.02. The van der Waals surface area contributed by atoms with Gasteiger partial charge in [0.2, 0.25) is 0 Å². The van der Waals surface area contributed by atoms with Crippen molar-refractivity contribution in [3.63, 3.8) is 0 Å². The van der Waals surface area contributed by atoms with Gasteiger partial charge in [0, 0.05) is 22.7 Å². The molecule has 170 valence electrons. The summed E-state index contributed by atoms with van der Waals surface area (Å²) >= 11 is 0. The second-order valence-electron chi connectivity index (χ2n) is 7.33. The summed E-state index contributed by atoms with van der Waals surface area (Å²) in [6.45, 7) is 0.929. The van der Waals surface area contributed by atoms with E-state index in [0.29, 0.717) is 16.6 Å². The number of aromatic nitrogens is 2. The molecule has 1 aromatic heterocycles. The van der Waals surface area contributed by atoms with Gasteiger partial charge in [0.15, 0.2) is 12.3 Å². The number of rotatable bonds is 6. The molecule has 0 aliphatic heterocycles. The molecule has 1 heterocycles. The van der Waals surface area contributed by atoms with Crippen LogP contribution in [0.5, 0.6) is 0 Å². The Morgan fingerprint density at radius 3 is 2.41 bits per heavy atom. The number of benzene rings is 3. The number of ether oxygens (including phenoxy) is 1. The van der Waals surface area contributed by atoms with E-state index in [4.69, 9.17) is 4.74 Å². The van der Waals surface area contributed by atoms with E-state index in [0.717, 1.165) is 4.68 Å². The average Bonchev–Trinajstić information content (AvgIpc) is 2.84. The zero-order valence-corrected chi connectivity index (χ0v) is 17.9. The Labute approximate surface area is 192 Å². The molecule has 0 aliphatic carbocycles. The number of hydrogen-bond donors (Lipinski definition) is 1. The molecule has 10 heteroatoms. The average molecular weight is 458 g/mol. The van der Waals surface area contributed by atoms with Gasteiger partial charge in [0.1, 0.15) is 0 Å². The van der Waals surface area contributed by atoms with E-state index < -0.39 is 29.0 Å². The second kappa shape index (κ2) is 9.33. The summed E-state index contributed by atoms with van der Waals surface area (Å²) in [5.74, 6) is -1.59. The first-order valence-electron chi connectivity index (χ1n) is 10.1. The Morgan fingerprint density at radius 1 is 1.03 bits per heavy atom. The minimum Gasteiger partial charge on any atom is -0.451 e. The fraction of sp³-hybridized carbons (Fsp3) is 0.0833. The molecule has 1 N–H and O–H groups in total. The van der Waals surface area contributed by atoms with E-state index in [-0.39, 0.29) is 22.5 Å². The molecule has 4 aromatic rings. The number of hydrogen-bond acceptors (Lipinski definition) is 7. The Kier molecular flexibility index (Phi) is 6.13. The number of nitrogens with zero attached hydrogens (tertiary/aromatic N) is 3. The topological polar surface area (TPSA) is 133 Å². The van der Waals surface area contributed by atoms with Crippen molar-refractivity contribution >= 4 is 34.0 Å². The molecule has 0 unspecified atom stereocenters. The minimum atomic E-state index is -0.897. The molecule has 0 radical (unpaired) electrons. The van der Waals surface area contributed by atoms with Gasteiger partial charge in [-0.25, -0.2) is 4.79 Å². The van der Waals surface area contributed by atoms with Crippen molar-refractivity contribution < 1.29 is 19.2 Å². The summed E-state index contributed by atoms with van der Waals surface area (Å²) in [7, 11) is 0. The van der Waals surface area contributed by atoms with Crippen LogP contribution in [0.4, 0.5) is 11.4 Å². The molecule has 0 spiro atoms. The quantitative estimate of drug-likeness (QED) is 0.266. The number of anilines is 1. The Hall–Kier alpha value is -4.86. The first-order valence-corrected chi connectivity index (χ1v) is 10.1. The summed E-state index contributed by atoms with van der Waals surface area (Å²) in [5.41, 5.74) is 0.426. The number of nitro benzene ring substituents is 1. The second-order valence-corrected chi connectivity index (χ2v) is 7.33. The van der Waals surface area contributed by atoms with Crippen LogP contribution in [0.3, 0.4) is 0 Å². The molecular formula is C24H18N4O6. The van der Waals surface area contributed by atoms with Crippen LogP contribution in [-0.4, -0.2) is 33.2 Å². The number of aryl methyl sites for hydroxylation is 1. The van der Waals surface area contributed by atoms with Gasteiger partial charge >= 0.3 is 5.97 Å². The van der Waals surface area contributed by atoms with Crippen molar-refractivity contribution in [2.75, 3.05) is 11.9 Å². The number of para-hydroxylation sites is 1. The van der Waals surface area contributed by atoms with Gasteiger partial charge in [-0.1, -0.05) is 42.5 Å². The third kappa shape index (κ3) is 4.51. The van der Waals surface area contributed by atoms with Crippen LogP contribution >= 0.6 is 0 Å². The number of fused-ring (bicyclic) bond motifs is 1. The number of nitrogens with one attached hydrogen (secondary N) is 1. The van der Waals surface area contributed by atoms with Gasteiger partial charge in [-0.2, -0.15) is 9.78 Å². The predicted molar refractivity (Wildman–Crippen MR) is 124 cm³/mol. The summed E-state index contributed by atoms with van der Waals surface area (Å²) in [4.78, 5) is 48.6. The summed E-state index contributed by atoms with van der Waals surface area (Å²) in [6, 6.07) is 19.3. The number of nitro groups is 1. The van der Waals surface area contributed by atoms with Gasteiger partial charge < -0.3 is 10.1 Å². The number of carbonyl (C=O) groups is 2. The van der Waals surface area contributed by atoms with E-state index >= 15 is 0 Å². The lowest BCUT2D eigenvalue weighted by Gasteiger charge is -2.11. The van der Waals surface area contributed by atoms with Crippen molar-refractivity contribution in [1.82, 2.24) is 9.78 Å². The van der Waals surface area contributed by atoms with E-state index in [1.807, 2.05) is 0 Å². The van der Waals surface area contributed by atoms with Crippen LogP contribution in [-0.2, 0) is 9.53 Å². The normalized spacial score (nSPS) is 10.6. The SMILES string of the molecule is Cc1ccc(NC(=O)COC(=O)c2nn(-c3ccccc3)c(=O)c3ccccc23)cc1[N+](=O)[O-]. The van der Waals surface area contributed by atoms with Gasteiger partial charge in [-0.3, -0.25) is 19.7 Å². The highest BCUT2D eigenvalue weighted by Gasteiger charge is 2.20. The van der Waals surface area contributed by atoms with Crippen LogP contribution in [0.25, 0.3) is 16.5 Å². The maximum Gasteiger partial charge on any atom is 0.359 e. The van der Waals surface area contributed by atoms with Gasteiger partial charge in [-0.15, -0.1) is 0 Å². The van der Waals surface area contributed by atoms with E-state index in [1.165, 1.54) is 18.2 Å². The summed E-state index contributed by atoms with van der Waals surface area (Å²) in [5, 5.41) is 18.3. The molecule has 3 aromatic carbocycles. The zero-order valence-electron chi connectivity index (χ0n) is 17.9. The van der Waals surface area contributed by atoms with Crippen LogP contribution in [0.1, 0.15) is 16.1 Å². The van der Waals surface area contributed by atoms with Crippen molar-refractivity contribution in [2.45, 2.75) is 6.92 Å². The third-order valence-electron chi connectivity index (χ3n) is 5.02. The summed E-state index contributed by atoms with van der Waals surface area (Å²) in [6.07, 6.45) is 0. The monoisotopic (exact) mass is 458 g/mol. The van der Waals surface area contributed by atoms with Crippen molar-refractivity contribution in [3.05, 3.63) is 105 Å². The highest BCUT2D eigenvalue weighted by molar-refractivity contribution is 6.03. The zero-order chi connectivity index (χ0) is 24.2. The molecule has 0 aliphatic rings. The van der Waals surface area contributed by atoms with Crippen molar-refractivity contribution in [1.29, 1.82) is 0 Å². The van der Waals surface area contributed by atoms with Crippen molar-refractivity contribution in [3.8, 4) is 5.69 Å². The van der Waals surface area contributed by atoms with Crippen molar-refractivity contribution in [2.24, 2.45) is 0 Å². The molecule has 4 rings (SSSR count). The van der Waals surface area contributed by atoms with Gasteiger partial charge in [0.05, 0.1) is 16.0 Å². The minimum absolute atomic E-state index is 0.127. The molecular weight excluding hydrogens is 440 g/mol. The van der Waals surface area contributed by atoms with Crippen LogP contribution in [0, 0.1) is 17.0 Å². The van der Waals surface area contributed by atoms with Gasteiger partial charge in [0.25, 0.3) is 17.2 Å². The Balaban J connectivity index is 1.57. The van der Waals surface area contributed by atoms with Crippen LogP contribution < -0.4 is 10.9 Å². The molecule has 0 fully saturated rings. The van der Waals surface area contributed by atoms with Gasteiger partial charge in [-0.05, 0) is 31.2 Å². The largest absolute Gasteiger partial charge is 0.451 e. The fourth-order valence-corrected chi connectivity index (χ4v) is 3.36. The van der Waals surface area contributed by atoms with E-state index in [9.17, 15) is 24.5 Å². The first kappa shape index (κ1) is 22.3. The summed E-state index contributed by atoms with van der Waals surface area (Å²) < 4.78 is 6.24. The number of esters is 1. The molecule has 34 heavy (non-hydrogen) atoms. The molecule has 0 bridgehead atoms. The Bertz CT molecular complexity index is 1480. The predicted octanol–water partition coefficient (Wildman–Crippen LogP) is 3.40. The lowest BCUT2D eigenvalue weighted by atomic mass is 10.1. The standard InChI is InChI=1S/C24H18N4O6/c1-15-11-12-16(13-20(15)28(32)33)25-21(29)14-34-24(31)22-18-9-5-6-10-19(18)23(30)27(26-22)17-7-3-2-4-8-17/h2-13H,14H2,1H3,(H,25,29). The maximum absolute atomic E-state index is 12.9. The Morgan fingerprint density at radius 2 is 1.71 bits per heavy atom. The lowest BCUT2D eigenvalue weighted by molar-refractivity contribution is -0.385. The smallest absolute Gasteiger partial charge is 0.359 e. The van der Waals surface area contributed by atoms with E-state index in [1.54, 1.807) is 61.5 Å². The highest BCUT2D eigenvalue weighted by Crippen LogP contribution is 2.22.